The number of nitrogens with one attached hydrogen (secondary N) is 1. The van der Waals surface area contributed by atoms with E-state index < -0.39 is 22.0 Å². The van der Waals surface area contributed by atoms with Crippen LogP contribution in [0, 0.1) is 13.8 Å². The van der Waals surface area contributed by atoms with Gasteiger partial charge in [0.05, 0.1) is 19.1 Å². The summed E-state index contributed by atoms with van der Waals surface area (Å²) >= 11 is 0. The molecule has 0 aliphatic carbocycles. The molecule has 0 fully saturated rings. The van der Waals surface area contributed by atoms with Gasteiger partial charge in [0, 0.05) is 11.8 Å². The molecule has 7 heteroatoms. The van der Waals surface area contributed by atoms with Crippen LogP contribution in [0.4, 0.5) is 11.4 Å². The number of rotatable bonds is 6. The van der Waals surface area contributed by atoms with Gasteiger partial charge in [-0.3, -0.25) is 9.10 Å². The first kappa shape index (κ1) is 19.8. The molecule has 0 spiro atoms. The van der Waals surface area contributed by atoms with Gasteiger partial charge in [-0.05, 0) is 50.1 Å². The van der Waals surface area contributed by atoms with Crippen molar-refractivity contribution >= 4 is 27.3 Å². The molecule has 0 saturated carbocycles. The van der Waals surface area contributed by atoms with Crippen LogP contribution >= 0.6 is 0 Å². The number of sulfonamides is 1. The zero-order valence-electron chi connectivity index (χ0n) is 15.6. The fourth-order valence-electron chi connectivity index (χ4n) is 2.68. The van der Waals surface area contributed by atoms with Crippen LogP contribution in [0.25, 0.3) is 0 Å². The van der Waals surface area contributed by atoms with Crippen molar-refractivity contribution in [1.29, 1.82) is 0 Å². The Balaban J connectivity index is 2.36. The number of hydrogen-bond acceptors (Lipinski definition) is 4. The fourth-order valence-corrected chi connectivity index (χ4v) is 3.85. The lowest BCUT2D eigenvalue weighted by molar-refractivity contribution is -0.116. The van der Waals surface area contributed by atoms with Crippen LogP contribution < -0.4 is 14.4 Å². The van der Waals surface area contributed by atoms with Crippen LogP contribution in [0.3, 0.4) is 0 Å². The molecule has 6 nitrogen and oxygen atoms in total. The molecule has 2 aromatic rings. The predicted molar refractivity (Wildman–Crippen MR) is 104 cm³/mol. The van der Waals surface area contributed by atoms with Crippen LogP contribution in [0.15, 0.2) is 42.5 Å². The number of anilines is 2. The number of benzene rings is 2. The molecule has 0 unspecified atom stereocenters. The summed E-state index contributed by atoms with van der Waals surface area (Å²) in [5.74, 6) is 0.102. The second-order valence-corrected chi connectivity index (χ2v) is 8.03. The van der Waals surface area contributed by atoms with Gasteiger partial charge in [-0.2, -0.15) is 0 Å². The first-order valence-electron chi connectivity index (χ1n) is 8.15. The molecule has 0 bridgehead atoms. The van der Waals surface area contributed by atoms with Crippen molar-refractivity contribution in [2.75, 3.05) is 23.0 Å². The average Bonchev–Trinajstić information content (AvgIpc) is 2.58. The van der Waals surface area contributed by atoms with Gasteiger partial charge in [-0.25, -0.2) is 8.42 Å². The molecule has 1 atom stereocenters. The van der Waals surface area contributed by atoms with Crippen molar-refractivity contribution in [3.05, 3.63) is 53.6 Å². The maximum Gasteiger partial charge on any atom is 0.248 e. The minimum Gasteiger partial charge on any atom is -0.497 e. The lowest BCUT2D eigenvalue weighted by Gasteiger charge is -2.28. The maximum atomic E-state index is 12.7. The molecule has 1 N–H and O–H groups in total. The summed E-state index contributed by atoms with van der Waals surface area (Å²) in [4.78, 5) is 12.7. The normalized spacial score (nSPS) is 12.3. The molecule has 0 heterocycles. The molecule has 0 aliphatic rings. The van der Waals surface area contributed by atoms with Gasteiger partial charge in [0.25, 0.3) is 0 Å². The SMILES string of the molecule is COc1cccc(N([C@@H](C)C(=O)Nc2cccc(C)c2C)S(C)(=O)=O)c1. The summed E-state index contributed by atoms with van der Waals surface area (Å²) < 4.78 is 31.0. The Morgan fingerprint density at radius 1 is 1.15 bits per heavy atom. The third-order valence-corrected chi connectivity index (χ3v) is 5.50. The first-order chi connectivity index (χ1) is 12.1. The molecule has 2 rings (SSSR count). The van der Waals surface area contributed by atoms with Gasteiger partial charge in [0.2, 0.25) is 15.9 Å². The third kappa shape index (κ3) is 4.35. The largest absolute Gasteiger partial charge is 0.497 e. The number of methoxy groups -OCH3 is 1. The highest BCUT2D eigenvalue weighted by atomic mass is 32.2. The highest BCUT2D eigenvalue weighted by Crippen LogP contribution is 2.26. The number of aryl methyl sites for hydroxylation is 1. The number of nitrogens with zero attached hydrogens (tertiary/aromatic N) is 1. The van der Waals surface area contributed by atoms with E-state index >= 15 is 0 Å². The number of amides is 1. The van der Waals surface area contributed by atoms with E-state index in [1.807, 2.05) is 26.0 Å². The van der Waals surface area contributed by atoms with Crippen LogP contribution in [0.5, 0.6) is 5.75 Å². The van der Waals surface area contributed by atoms with Crippen molar-refractivity contribution < 1.29 is 17.9 Å². The lowest BCUT2D eigenvalue weighted by Crippen LogP contribution is -2.45. The number of carbonyl (C=O) groups is 1. The maximum absolute atomic E-state index is 12.7. The van der Waals surface area contributed by atoms with E-state index in [0.29, 0.717) is 17.1 Å². The summed E-state index contributed by atoms with van der Waals surface area (Å²) in [7, 11) is -2.18. The zero-order valence-corrected chi connectivity index (χ0v) is 16.4. The van der Waals surface area contributed by atoms with E-state index in [-0.39, 0.29) is 0 Å². The third-order valence-electron chi connectivity index (χ3n) is 4.26. The van der Waals surface area contributed by atoms with E-state index in [1.54, 1.807) is 37.3 Å². The fraction of sp³-hybridized carbons (Fsp3) is 0.316. The Morgan fingerprint density at radius 2 is 1.81 bits per heavy atom. The van der Waals surface area contributed by atoms with Crippen LogP contribution in [0.1, 0.15) is 18.1 Å². The highest BCUT2D eigenvalue weighted by Gasteiger charge is 2.29. The zero-order chi connectivity index (χ0) is 19.5. The van der Waals surface area contributed by atoms with Gasteiger partial charge in [-0.1, -0.05) is 18.2 Å². The summed E-state index contributed by atoms with van der Waals surface area (Å²) in [5.41, 5.74) is 3.03. The molecular formula is C19H24N2O4S. The molecule has 2 aromatic carbocycles. The Hall–Kier alpha value is -2.54. The van der Waals surface area contributed by atoms with E-state index in [2.05, 4.69) is 5.32 Å². The molecule has 0 aromatic heterocycles. The molecule has 0 aliphatic heterocycles. The monoisotopic (exact) mass is 376 g/mol. The second-order valence-electron chi connectivity index (χ2n) is 6.17. The van der Waals surface area contributed by atoms with Gasteiger partial charge < -0.3 is 10.1 Å². The van der Waals surface area contributed by atoms with Gasteiger partial charge in [0.1, 0.15) is 11.8 Å². The molecule has 0 saturated heterocycles. The first-order valence-corrected chi connectivity index (χ1v) is 10.0. The predicted octanol–water partition coefficient (Wildman–Crippen LogP) is 3.11. The number of ether oxygens (including phenoxy) is 1. The van der Waals surface area contributed by atoms with Gasteiger partial charge in [0.15, 0.2) is 0 Å². The Morgan fingerprint density at radius 3 is 2.42 bits per heavy atom. The van der Waals surface area contributed by atoms with E-state index in [9.17, 15) is 13.2 Å². The molecule has 0 radical (unpaired) electrons. The van der Waals surface area contributed by atoms with Crippen LogP contribution in [-0.2, 0) is 14.8 Å². The van der Waals surface area contributed by atoms with Crippen LogP contribution in [0.2, 0.25) is 0 Å². The van der Waals surface area contributed by atoms with Crippen molar-refractivity contribution in [2.24, 2.45) is 0 Å². The van der Waals surface area contributed by atoms with Crippen molar-refractivity contribution in [3.63, 3.8) is 0 Å². The van der Waals surface area contributed by atoms with Crippen molar-refractivity contribution in [3.8, 4) is 5.75 Å². The van der Waals surface area contributed by atoms with E-state index in [0.717, 1.165) is 21.7 Å². The van der Waals surface area contributed by atoms with Gasteiger partial charge in [-0.15, -0.1) is 0 Å². The summed E-state index contributed by atoms with van der Waals surface area (Å²) in [6, 6.07) is 11.3. The molecule has 140 valence electrons. The highest BCUT2D eigenvalue weighted by molar-refractivity contribution is 7.92. The topological polar surface area (TPSA) is 75.7 Å². The van der Waals surface area contributed by atoms with Crippen molar-refractivity contribution in [2.45, 2.75) is 26.8 Å². The minimum absolute atomic E-state index is 0.371. The van der Waals surface area contributed by atoms with Crippen LogP contribution in [-0.4, -0.2) is 33.7 Å². The average molecular weight is 376 g/mol. The molecule has 26 heavy (non-hydrogen) atoms. The van der Waals surface area contributed by atoms with E-state index in [4.69, 9.17) is 4.74 Å². The Labute approximate surface area is 154 Å². The smallest absolute Gasteiger partial charge is 0.248 e. The van der Waals surface area contributed by atoms with Gasteiger partial charge >= 0.3 is 0 Å². The minimum atomic E-state index is -3.68. The standard InChI is InChI=1S/C19H24N2O4S/c1-13-8-6-11-18(14(13)2)20-19(22)15(3)21(26(5,23)24)16-9-7-10-17(12-16)25-4/h6-12,15H,1-5H3,(H,20,22)/t15-/m0/s1. The summed E-state index contributed by atoms with van der Waals surface area (Å²) in [6.07, 6.45) is 1.08. The van der Waals surface area contributed by atoms with Crippen molar-refractivity contribution in [1.82, 2.24) is 0 Å². The summed E-state index contributed by atoms with van der Waals surface area (Å²) in [6.45, 7) is 5.42. The Kier molecular flexibility index (Phi) is 5.92. The Bertz CT molecular complexity index is 910. The molecular weight excluding hydrogens is 352 g/mol. The number of carbonyl (C=O) groups excluding carboxylic acids is 1. The second kappa shape index (κ2) is 7.78. The lowest BCUT2D eigenvalue weighted by atomic mass is 10.1. The summed E-state index contributed by atoms with van der Waals surface area (Å²) in [5, 5.41) is 2.83. The quantitative estimate of drug-likeness (QED) is 0.840. The molecule has 1 amide bonds. The number of hydrogen-bond donors (Lipinski definition) is 1. The van der Waals surface area contributed by atoms with E-state index in [1.165, 1.54) is 7.11 Å².